The van der Waals surface area contributed by atoms with Gasteiger partial charge in [-0.3, -0.25) is 4.79 Å². The first-order valence-corrected chi connectivity index (χ1v) is 10.7. The second-order valence-corrected chi connectivity index (χ2v) is 8.81. The molecule has 1 atom stereocenters. The van der Waals surface area contributed by atoms with Crippen molar-refractivity contribution < 1.29 is 23.1 Å². The molecule has 0 radical (unpaired) electrons. The van der Waals surface area contributed by atoms with Gasteiger partial charge in [0.05, 0.1) is 6.54 Å². The Kier molecular flexibility index (Phi) is 6.00. The molecule has 1 aromatic heterocycles. The number of aromatic nitrogens is 1. The Morgan fingerprint density at radius 3 is 2.86 bits per heavy atom. The molecular weight excluding hydrogens is 380 g/mol. The van der Waals surface area contributed by atoms with Crippen LogP contribution >= 0.6 is 0 Å². The zero-order valence-corrected chi connectivity index (χ0v) is 16.8. The van der Waals surface area contributed by atoms with Crippen LogP contribution in [0.4, 0.5) is 0 Å². The highest BCUT2D eigenvalue weighted by Gasteiger charge is 2.35. The number of ether oxygens (including phenoxy) is 1. The smallest absolute Gasteiger partial charge is 0.303 e. The number of sulfonamides is 1. The number of benzene rings is 1. The van der Waals surface area contributed by atoms with Crippen LogP contribution in [0, 0.1) is 6.92 Å². The summed E-state index contributed by atoms with van der Waals surface area (Å²) in [6, 6.07) is 8.78. The van der Waals surface area contributed by atoms with Gasteiger partial charge >= 0.3 is 5.97 Å². The van der Waals surface area contributed by atoms with Crippen molar-refractivity contribution in [1.82, 2.24) is 9.29 Å². The third-order valence-corrected chi connectivity index (χ3v) is 6.71. The average molecular weight is 404 g/mol. The highest BCUT2D eigenvalue weighted by Crippen LogP contribution is 2.31. The van der Waals surface area contributed by atoms with Crippen LogP contribution in [0.3, 0.4) is 0 Å². The average Bonchev–Trinajstić information content (AvgIpc) is 2.77. The molecule has 1 aromatic carbocycles. The molecule has 0 amide bonds. The minimum absolute atomic E-state index is 0.0370. The van der Waals surface area contributed by atoms with E-state index < -0.39 is 16.0 Å². The van der Waals surface area contributed by atoms with Gasteiger partial charge in [0.1, 0.15) is 11.0 Å². The number of fused-ring (bicyclic) bond motifs is 1. The number of hydrogen-bond donors (Lipinski definition) is 1. The van der Waals surface area contributed by atoms with E-state index in [1.54, 1.807) is 6.07 Å². The molecule has 1 N–H and O–H groups in total. The van der Waals surface area contributed by atoms with Gasteiger partial charge in [0.25, 0.3) is 0 Å². The molecular formula is C20H24N2O5S. The van der Waals surface area contributed by atoms with Crippen LogP contribution in [-0.2, 0) is 27.8 Å². The van der Waals surface area contributed by atoms with Crippen molar-refractivity contribution >= 4 is 16.0 Å². The number of pyridine rings is 1. The fourth-order valence-electron chi connectivity index (χ4n) is 3.17. The number of hydrogen-bond acceptors (Lipinski definition) is 5. The van der Waals surface area contributed by atoms with Crippen molar-refractivity contribution in [3.63, 3.8) is 0 Å². The highest BCUT2D eigenvalue weighted by molar-refractivity contribution is 7.89. The lowest BCUT2D eigenvalue weighted by molar-refractivity contribution is -0.136. The first-order valence-electron chi connectivity index (χ1n) is 9.23. The van der Waals surface area contributed by atoms with Crippen molar-refractivity contribution in [3.05, 3.63) is 53.2 Å². The summed E-state index contributed by atoms with van der Waals surface area (Å²) in [5.74, 6) is -0.715. The lowest BCUT2D eigenvalue weighted by Crippen LogP contribution is -2.36. The summed E-state index contributed by atoms with van der Waals surface area (Å²) in [7, 11) is -3.76. The van der Waals surface area contributed by atoms with Gasteiger partial charge in [-0.05, 0) is 48.6 Å². The van der Waals surface area contributed by atoms with Crippen LogP contribution in [0.1, 0.15) is 36.5 Å². The monoisotopic (exact) mass is 404 g/mol. The molecule has 0 unspecified atom stereocenters. The van der Waals surface area contributed by atoms with E-state index >= 15 is 0 Å². The van der Waals surface area contributed by atoms with E-state index in [1.807, 2.05) is 32.0 Å². The summed E-state index contributed by atoms with van der Waals surface area (Å²) >= 11 is 0. The van der Waals surface area contributed by atoms with Crippen LogP contribution in [0.2, 0.25) is 0 Å². The topological polar surface area (TPSA) is 96.8 Å². The second kappa shape index (κ2) is 8.28. The molecule has 1 aliphatic heterocycles. The Hall–Kier alpha value is -2.45. The van der Waals surface area contributed by atoms with E-state index in [4.69, 9.17) is 9.84 Å². The molecule has 8 heteroatoms. The van der Waals surface area contributed by atoms with Gasteiger partial charge in [-0.2, -0.15) is 4.31 Å². The second-order valence-electron chi connectivity index (χ2n) is 6.91. The Morgan fingerprint density at radius 1 is 1.36 bits per heavy atom. The Balaban J connectivity index is 1.94. The van der Waals surface area contributed by atoms with E-state index in [9.17, 15) is 13.2 Å². The quantitative estimate of drug-likeness (QED) is 0.795. The molecule has 0 aliphatic carbocycles. The number of aryl methyl sites for hydroxylation is 2. The van der Waals surface area contributed by atoms with Crippen molar-refractivity contribution in [1.29, 1.82) is 0 Å². The molecule has 0 fully saturated rings. The summed E-state index contributed by atoms with van der Waals surface area (Å²) in [6.07, 6.45) is 2.33. The lowest BCUT2D eigenvalue weighted by atomic mass is 10.0. The third-order valence-electron chi connectivity index (χ3n) is 4.88. The van der Waals surface area contributed by atoms with Crippen LogP contribution < -0.4 is 4.74 Å². The highest BCUT2D eigenvalue weighted by atomic mass is 32.2. The molecule has 3 rings (SSSR count). The summed E-state index contributed by atoms with van der Waals surface area (Å²) in [5.41, 5.74) is 2.69. The van der Waals surface area contributed by atoms with Gasteiger partial charge in [-0.25, -0.2) is 13.4 Å². The maximum Gasteiger partial charge on any atom is 0.303 e. The molecule has 1 aliphatic rings. The molecule has 150 valence electrons. The third kappa shape index (κ3) is 4.34. The summed E-state index contributed by atoms with van der Waals surface area (Å²) in [6.45, 7) is 4.29. The molecule has 0 saturated heterocycles. The van der Waals surface area contributed by atoms with E-state index in [2.05, 4.69) is 4.98 Å². The first kappa shape index (κ1) is 20.3. The van der Waals surface area contributed by atoms with E-state index in [1.165, 1.54) is 16.6 Å². The maximum atomic E-state index is 13.2. The largest absolute Gasteiger partial charge is 0.481 e. The number of nitrogens with zero attached hydrogens (tertiary/aromatic N) is 2. The molecule has 7 nitrogen and oxygen atoms in total. The van der Waals surface area contributed by atoms with Crippen molar-refractivity contribution in [2.75, 3.05) is 6.54 Å². The Morgan fingerprint density at radius 2 is 2.14 bits per heavy atom. The fourth-order valence-corrected chi connectivity index (χ4v) is 4.70. The zero-order chi connectivity index (χ0) is 20.3. The summed E-state index contributed by atoms with van der Waals surface area (Å²) in [4.78, 5) is 15.0. The first-order chi connectivity index (χ1) is 13.3. The van der Waals surface area contributed by atoms with Crippen molar-refractivity contribution in [3.8, 4) is 5.88 Å². The number of carboxylic acids is 1. The minimum Gasteiger partial charge on any atom is -0.481 e. The summed E-state index contributed by atoms with van der Waals surface area (Å²) in [5, 5.41) is 8.90. The van der Waals surface area contributed by atoms with E-state index in [-0.39, 0.29) is 36.4 Å². The molecule has 28 heavy (non-hydrogen) atoms. The predicted molar refractivity (Wildman–Crippen MR) is 104 cm³/mol. The number of carbonyl (C=O) groups is 1. The minimum atomic E-state index is -3.76. The van der Waals surface area contributed by atoms with Crippen molar-refractivity contribution in [2.45, 2.75) is 50.7 Å². The SMILES string of the molecule is CC[C@@H]1CN(Cc2cc(CCC(=O)O)ccc2C)S(=O)(=O)c2cccnc2O1. The Bertz CT molecular complexity index is 974. The van der Waals surface area contributed by atoms with E-state index in [0.29, 0.717) is 12.8 Å². The van der Waals surface area contributed by atoms with Gasteiger partial charge < -0.3 is 9.84 Å². The standard InChI is InChI=1S/C20H24N2O5S/c1-3-17-13-22(28(25,26)18-5-4-10-21-20(18)27-17)12-16-11-15(7-6-14(16)2)8-9-19(23)24/h4-7,10-11,17H,3,8-9,12-13H2,1-2H3,(H,23,24)/t17-/m1/s1. The molecule has 0 saturated carbocycles. The van der Waals surface area contributed by atoms with Crippen molar-refractivity contribution in [2.24, 2.45) is 0 Å². The fraction of sp³-hybridized carbons (Fsp3) is 0.400. The number of carboxylic acid groups (broad SMARTS) is 1. The van der Waals surface area contributed by atoms with Gasteiger partial charge in [0.15, 0.2) is 0 Å². The lowest BCUT2D eigenvalue weighted by Gasteiger charge is -2.23. The van der Waals surface area contributed by atoms with Crippen LogP contribution in [0.5, 0.6) is 5.88 Å². The maximum absolute atomic E-state index is 13.2. The normalized spacial score (nSPS) is 18.7. The van der Waals surface area contributed by atoms with Crippen LogP contribution in [-0.4, -0.2) is 41.4 Å². The molecule has 0 spiro atoms. The predicted octanol–water partition coefficient (Wildman–Crippen LogP) is 2.77. The van der Waals surface area contributed by atoms with Gasteiger partial charge in [-0.1, -0.05) is 25.1 Å². The van der Waals surface area contributed by atoms with Gasteiger partial charge in [-0.15, -0.1) is 0 Å². The number of aliphatic carboxylic acids is 1. The molecule has 2 aromatic rings. The molecule has 0 bridgehead atoms. The zero-order valence-electron chi connectivity index (χ0n) is 16.0. The molecule has 2 heterocycles. The van der Waals surface area contributed by atoms with Crippen LogP contribution in [0.25, 0.3) is 0 Å². The van der Waals surface area contributed by atoms with Gasteiger partial charge in [0, 0.05) is 19.2 Å². The van der Waals surface area contributed by atoms with Gasteiger partial charge in [0.2, 0.25) is 15.9 Å². The van der Waals surface area contributed by atoms with E-state index in [0.717, 1.165) is 16.7 Å². The van der Waals surface area contributed by atoms with Crippen LogP contribution in [0.15, 0.2) is 41.4 Å². The number of rotatable bonds is 6. The summed E-state index contributed by atoms with van der Waals surface area (Å²) < 4.78 is 33.7. The Labute approximate surface area is 165 Å².